The van der Waals surface area contributed by atoms with Gasteiger partial charge in [-0.1, -0.05) is 41.9 Å². The maximum absolute atomic E-state index is 13.1. The second kappa shape index (κ2) is 13.5. The van der Waals surface area contributed by atoms with Crippen molar-refractivity contribution in [1.29, 1.82) is 0 Å². The fraction of sp³-hybridized carbons (Fsp3) is 0.231. The Balaban J connectivity index is 0.000000559. The van der Waals surface area contributed by atoms with Crippen molar-refractivity contribution >= 4 is 44.9 Å². The van der Waals surface area contributed by atoms with E-state index in [9.17, 15) is 26.4 Å². The number of rotatable bonds is 7. The first-order valence-corrected chi connectivity index (χ1v) is 13.7. The van der Waals surface area contributed by atoms with E-state index in [1.165, 1.54) is 24.3 Å². The summed E-state index contributed by atoms with van der Waals surface area (Å²) in [7, 11) is -3.87. The van der Waals surface area contributed by atoms with E-state index in [0.717, 1.165) is 37.4 Å². The van der Waals surface area contributed by atoms with Crippen LogP contribution in [0.25, 0.3) is 0 Å². The summed E-state index contributed by atoms with van der Waals surface area (Å²) in [5.74, 6) is -3.04. The number of halogens is 4. The first-order valence-electron chi connectivity index (χ1n) is 11.9. The van der Waals surface area contributed by atoms with Crippen LogP contribution >= 0.6 is 11.6 Å². The number of amides is 1. The van der Waals surface area contributed by atoms with Crippen molar-refractivity contribution in [3.63, 3.8) is 0 Å². The van der Waals surface area contributed by atoms with Crippen molar-refractivity contribution in [2.45, 2.75) is 17.6 Å². The summed E-state index contributed by atoms with van der Waals surface area (Å²) in [5, 5.41) is 13.8. The van der Waals surface area contributed by atoms with E-state index >= 15 is 0 Å². The van der Waals surface area contributed by atoms with Crippen LogP contribution in [-0.2, 0) is 21.4 Å². The number of carboxylic acids is 1. The normalized spacial score (nSPS) is 13.6. The minimum Gasteiger partial charge on any atom is -0.475 e. The van der Waals surface area contributed by atoms with Crippen LogP contribution in [0.4, 0.5) is 24.5 Å². The lowest BCUT2D eigenvalue weighted by Gasteiger charge is -2.31. The van der Waals surface area contributed by atoms with Gasteiger partial charge >= 0.3 is 12.1 Å². The average molecular weight is 599 g/mol. The fourth-order valence-corrected chi connectivity index (χ4v) is 4.83. The molecular formula is C26H26ClF3N4O5S. The third-order valence-corrected chi connectivity index (χ3v) is 7.26. The van der Waals surface area contributed by atoms with Crippen molar-refractivity contribution in [2.24, 2.45) is 0 Å². The monoisotopic (exact) mass is 598 g/mol. The summed E-state index contributed by atoms with van der Waals surface area (Å²) < 4.78 is 60.5. The molecule has 0 atom stereocenters. The van der Waals surface area contributed by atoms with Gasteiger partial charge in [-0.3, -0.25) is 9.52 Å². The number of anilines is 2. The van der Waals surface area contributed by atoms with Gasteiger partial charge in [0.25, 0.3) is 15.9 Å². The summed E-state index contributed by atoms with van der Waals surface area (Å²) in [4.78, 5) is 23.9. The Morgan fingerprint density at radius 1 is 0.975 bits per heavy atom. The molecule has 14 heteroatoms. The Bertz CT molecular complexity index is 1420. The Hall–Kier alpha value is -3.81. The molecule has 0 unspecified atom stereocenters. The maximum atomic E-state index is 13.1. The smallest absolute Gasteiger partial charge is 0.475 e. The average Bonchev–Trinajstić information content (AvgIpc) is 2.92. The summed E-state index contributed by atoms with van der Waals surface area (Å²) in [6, 6.07) is 20.7. The number of aliphatic carboxylic acids is 1. The van der Waals surface area contributed by atoms with Crippen molar-refractivity contribution in [3.05, 3.63) is 88.9 Å². The molecule has 0 saturated carbocycles. The zero-order chi connectivity index (χ0) is 29.3. The highest BCUT2D eigenvalue weighted by molar-refractivity contribution is 7.92. The number of sulfonamides is 1. The molecule has 4 rings (SSSR count). The van der Waals surface area contributed by atoms with Crippen molar-refractivity contribution in [3.8, 4) is 0 Å². The van der Waals surface area contributed by atoms with Crippen LogP contribution in [0.15, 0.2) is 77.7 Å². The Morgan fingerprint density at radius 3 is 2.15 bits per heavy atom. The second-order valence-electron chi connectivity index (χ2n) is 8.50. The number of nitrogens with one attached hydrogen (secondary N) is 3. The van der Waals surface area contributed by atoms with Gasteiger partial charge in [0.05, 0.1) is 16.3 Å². The molecule has 1 heterocycles. The molecule has 0 aliphatic carbocycles. The molecule has 1 aliphatic rings. The first kappa shape index (κ1) is 30.7. The van der Waals surface area contributed by atoms with E-state index in [4.69, 9.17) is 21.5 Å². The maximum Gasteiger partial charge on any atom is 0.490 e. The Labute approximate surface area is 234 Å². The highest BCUT2D eigenvalue weighted by Crippen LogP contribution is 2.30. The highest BCUT2D eigenvalue weighted by atomic mass is 35.5. The molecule has 0 aromatic heterocycles. The predicted octanol–water partition coefficient (Wildman–Crippen LogP) is 4.11. The number of carboxylic acid groups (broad SMARTS) is 1. The summed E-state index contributed by atoms with van der Waals surface area (Å²) in [5.41, 5.74) is 2.44. The lowest BCUT2D eigenvalue weighted by Crippen LogP contribution is -2.43. The number of piperazine rings is 1. The standard InChI is InChI=1S/C24H25ClN4O3S.C2HF3O2/c25-20-7-9-21(10-8-20)33(31,32)28-22-16-19(6-11-23(22)29-14-12-26-13-15-29)24(30)27-17-18-4-2-1-3-5-18;3-2(4,5)1(6)7/h1-11,16,26,28H,12-15,17H2,(H,27,30);(H,6,7). The van der Waals surface area contributed by atoms with E-state index in [-0.39, 0.29) is 10.8 Å². The van der Waals surface area contributed by atoms with E-state index in [1.54, 1.807) is 18.2 Å². The van der Waals surface area contributed by atoms with Gasteiger partial charge in [-0.15, -0.1) is 0 Å². The molecule has 40 heavy (non-hydrogen) atoms. The predicted molar refractivity (Wildman–Crippen MR) is 145 cm³/mol. The van der Waals surface area contributed by atoms with Crippen LogP contribution in [0, 0.1) is 0 Å². The molecule has 3 aromatic rings. The van der Waals surface area contributed by atoms with Crippen molar-refractivity contribution < 1.29 is 36.3 Å². The first-order chi connectivity index (χ1) is 18.9. The number of alkyl halides is 3. The molecule has 1 saturated heterocycles. The van der Waals surface area contributed by atoms with Gasteiger partial charge in [-0.05, 0) is 48.0 Å². The minimum atomic E-state index is -5.08. The van der Waals surface area contributed by atoms with E-state index in [0.29, 0.717) is 22.8 Å². The number of benzene rings is 3. The molecule has 0 spiro atoms. The SMILES string of the molecule is O=C(NCc1ccccc1)c1ccc(N2CCNCC2)c(NS(=O)(=O)c2ccc(Cl)cc2)c1.O=C(O)C(F)(F)F. The quantitative estimate of drug-likeness (QED) is 0.322. The van der Waals surface area contributed by atoms with Gasteiger partial charge in [0, 0.05) is 43.3 Å². The zero-order valence-corrected chi connectivity index (χ0v) is 22.5. The fourth-order valence-electron chi connectivity index (χ4n) is 3.64. The topological polar surface area (TPSA) is 128 Å². The van der Waals surface area contributed by atoms with Crippen molar-refractivity contribution in [2.75, 3.05) is 35.8 Å². The number of nitrogens with zero attached hydrogens (tertiary/aromatic N) is 1. The van der Waals surface area contributed by atoms with E-state index in [1.807, 2.05) is 30.3 Å². The van der Waals surface area contributed by atoms with Crippen LogP contribution in [0.3, 0.4) is 0 Å². The number of hydrogen-bond donors (Lipinski definition) is 4. The minimum absolute atomic E-state index is 0.0945. The highest BCUT2D eigenvalue weighted by Gasteiger charge is 2.38. The molecule has 0 radical (unpaired) electrons. The zero-order valence-electron chi connectivity index (χ0n) is 20.9. The van der Waals surface area contributed by atoms with Gasteiger partial charge in [0.2, 0.25) is 0 Å². The molecule has 1 aliphatic heterocycles. The number of carbonyl (C=O) groups is 2. The van der Waals surface area contributed by atoms with Crippen LogP contribution in [0.2, 0.25) is 5.02 Å². The van der Waals surface area contributed by atoms with Crippen LogP contribution in [-0.4, -0.2) is 57.8 Å². The largest absolute Gasteiger partial charge is 0.490 e. The lowest BCUT2D eigenvalue weighted by atomic mass is 10.1. The summed E-state index contributed by atoms with van der Waals surface area (Å²) in [6.07, 6.45) is -5.08. The van der Waals surface area contributed by atoms with Crippen molar-refractivity contribution in [1.82, 2.24) is 10.6 Å². The van der Waals surface area contributed by atoms with Gasteiger partial charge in [-0.25, -0.2) is 13.2 Å². The molecule has 214 valence electrons. The summed E-state index contributed by atoms with van der Waals surface area (Å²) in [6.45, 7) is 3.43. The van der Waals surface area contributed by atoms with E-state index in [2.05, 4.69) is 20.3 Å². The van der Waals surface area contributed by atoms with E-state index < -0.39 is 22.2 Å². The van der Waals surface area contributed by atoms with Gasteiger partial charge in [0.15, 0.2) is 0 Å². The molecule has 3 aromatic carbocycles. The molecule has 4 N–H and O–H groups in total. The lowest BCUT2D eigenvalue weighted by molar-refractivity contribution is -0.192. The van der Waals surface area contributed by atoms with Gasteiger partial charge in [0.1, 0.15) is 0 Å². The van der Waals surface area contributed by atoms with Gasteiger partial charge in [-0.2, -0.15) is 13.2 Å². The number of carbonyl (C=O) groups excluding carboxylic acids is 1. The van der Waals surface area contributed by atoms with Crippen LogP contribution in [0.5, 0.6) is 0 Å². The second-order valence-corrected chi connectivity index (χ2v) is 10.6. The molecule has 9 nitrogen and oxygen atoms in total. The number of hydrogen-bond acceptors (Lipinski definition) is 6. The molecule has 1 fully saturated rings. The molecular weight excluding hydrogens is 573 g/mol. The Morgan fingerprint density at radius 2 is 1.57 bits per heavy atom. The van der Waals surface area contributed by atoms with Crippen LogP contribution in [0.1, 0.15) is 15.9 Å². The van der Waals surface area contributed by atoms with Gasteiger partial charge < -0.3 is 20.6 Å². The van der Waals surface area contributed by atoms with Crippen LogP contribution < -0.4 is 20.3 Å². The molecule has 1 amide bonds. The summed E-state index contributed by atoms with van der Waals surface area (Å²) >= 11 is 5.91. The third-order valence-electron chi connectivity index (χ3n) is 5.62. The molecule has 0 bridgehead atoms. The third kappa shape index (κ3) is 8.86. The Kier molecular flexibility index (Phi) is 10.4.